The van der Waals surface area contributed by atoms with Crippen LogP contribution in [0.5, 0.6) is 5.75 Å². The van der Waals surface area contributed by atoms with E-state index in [1.54, 1.807) is 18.2 Å². The Kier molecular flexibility index (Phi) is 3.73. The Bertz CT molecular complexity index is 676. The van der Waals surface area contributed by atoms with Crippen LogP contribution in [0.25, 0.3) is 0 Å². The van der Waals surface area contributed by atoms with Gasteiger partial charge in [0.2, 0.25) is 11.1 Å². The molecule has 2 aromatic rings. The molecule has 1 amide bonds. The van der Waals surface area contributed by atoms with Gasteiger partial charge in [0.1, 0.15) is 12.4 Å². The number of benzene rings is 1. The van der Waals surface area contributed by atoms with Gasteiger partial charge in [0.15, 0.2) is 5.82 Å². The standard InChI is InChI=1S/C11H8Cl2N4O2S/c12-6-1-2-7(13)8(3-6)19-4-9-14-15-11-17(9)16-10(18)5-20-11/h1-3H,4-5H2,(H,16,18). The molecule has 1 aromatic carbocycles. The summed E-state index contributed by atoms with van der Waals surface area (Å²) >= 11 is 13.2. The largest absolute Gasteiger partial charge is 0.484 e. The maximum absolute atomic E-state index is 11.4. The predicted octanol–water partition coefficient (Wildman–Crippen LogP) is 2.34. The van der Waals surface area contributed by atoms with E-state index in [1.807, 2.05) is 0 Å². The summed E-state index contributed by atoms with van der Waals surface area (Å²) in [6, 6.07) is 4.94. The normalized spacial score (nSPS) is 13.8. The van der Waals surface area contributed by atoms with E-state index in [0.717, 1.165) is 0 Å². The highest BCUT2D eigenvalue weighted by atomic mass is 35.5. The molecule has 0 atom stereocenters. The average Bonchev–Trinajstić information content (AvgIpc) is 2.82. The van der Waals surface area contributed by atoms with Gasteiger partial charge in [0.25, 0.3) is 0 Å². The Labute approximate surface area is 128 Å². The van der Waals surface area contributed by atoms with Crippen LogP contribution in [0.2, 0.25) is 10.0 Å². The molecular formula is C11H8Cl2N4O2S. The molecule has 9 heteroatoms. The van der Waals surface area contributed by atoms with Crippen LogP contribution in [0.15, 0.2) is 23.4 Å². The quantitative estimate of drug-likeness (QED) is 0.935. The number of nitrogens with one attached hydrogen (secondary N) is 1. The second-order valence-electron chi connectivity index (χ2n) is 3.92. The molecule has 0 saturated carbocycles. The molecule has 1 N–H and O–H groups in total. The zero-order valence-corrected chi connectivity index (χ0v) is 12.3. The number of thioether (sulfide) groups is 1. The maximum atomic E-state index is 11.4. The van der Waals surface area contributed by atoms with Crippen molar-refractivity contribution in [3.8, 4) is 5.75 Å². The number of nitrogens with zero attached hydrogens (tertiary/aromatic N) is 3. The monoisotopic (exact) mass is 330 g/mol. The van der Waals surface area contributed by atoms with Gasteiger partial charge in [-0.15, -0.1) is 10.2 Å². The lowest BCUT2D eigenvalue weighted by Crippen LogP contribution is -2.31. The van der Waals surface area contributed by atoms with E-state index in [4.69, 9.17) is 27.9 Å². The summed E-state index contributed by atoms with van der Waals surface area (Å²) < 4.78 is 7.07. The summed E-state index contributed by atoms with van der Waals surface area (Å²) in [4.78, 5) is 11.4. The first-order valence-electron chi connectivity index (χ1n) is 5.58. The van der Waals surface area contributed by atoms with Gasteiger partial charge in [-0.2, -0.15) is 0 Å². The Hall–Kier alpha value is -1.44. The van der Waals surface area contributed by atoms with Gasteiger partial charge in [-0.1, -0.05) is 35.0 Å². The maximum Gasteiger partial charge on any atom is 0.249 e. The van der Waals surface area contributed by atoms with Crippen LogP contribution in [-0.4, -0.2) is 26.5 Å². The van der Waals surface area contributed by atoms with Gasteiger partial charge in [0, 0.05) is 11.1 Å². The lowest BCUT2D eigenvalue weighted by atomic mass is 10.3. The minimum atomic E-state index is -0.107. The summed E-state index contributed by atoms with van der Waals surface area (Å²) in [7, 11) is 0. The fourth-order valence-electron chi connectivity index (χ4n) is 1.62. The number of amides is 1. The number of halogens is 2. The van der Waals surface area contributed by atoms with Gasteiger partial charge in [-0.3, -0.25) is 10.2 Å². The molecule has 104 valence electrons. The highest BCUT2D eigenvalue weighted by Crippen LogP contribution is 2.28. The van der Waals surface area contributed by atoms with Gasteiger partial charge in [-0.25, -0.2) is 4.68 Å². The number of hydrogen-bond donors (Lipinski definition) is 1. The molecule has 2 heterocycles. The van der Waals surface area contributed by atoms with Crippen molar-refractivity contribution in [3.63, 3.8) is 0 Å². The number of carbonyl (C=O) groups is 1. The van der Waals surface area contributed by atoms with E-state index >= 15 is 0 Å². The van der Waals surface area contributed by atoms with Crippen molar-refractivity contribution in [1.29, 1.82) is 0 Å². The number of ether oxygens (including phenoxy) is 1. The molecule has 20 heavy (non-hydrogen) atoms. The molecule has 0 aliphatic carbocycles. The summed E-state index contributed by atoms with van der Waals surface area (Å²) in [6.07, 6.45) is 0. The molecule has 3 rings (SSSR count). The molecule has 1 aliphatic heterocycles. The van der Waals surface area contributed by atoms with Gasteiger partial charge in [0.05, 0.1) is 10.8 Å². The van der Waals surface area contributed by atoms with Crippen molar-refractivity contribution in [2.45, 2.75) is 11.8 Å². The van der Waals surface area contributed by atoms with E-state index in [0.29, 0.717) is 32.5 Å². The summed E-state index contributed by atoms with van der Waals surface area (Å²) in [5, 5.41) is 9.54. The third-order valence-corrected chi connectivity index (χ3v) is 4.00. The first-order chi connectivity index (χ1) is 9.63. The first kappa shape index (κ1) is 13.5. The predicted molar refractivity (Wildman–Crippen MR) is 75.9 cm³/mol. The SMILES string of the molecule is O=C1CSc2nnc(COc3cc(Cl)ccc3Cl)n2N1. The number of hydrogen-bond acceptors (Lipinski definition) is 5. The summed E-state index contributed by atoms with van der Waals surface area (Å²) in [5.74, 6) is 1.16. The topological polar surface area (TPSA) is 69.0 Å². The number of rotatable bonds is 3. The van der Waals surface area contributed by atoms with Crippen LogP contribution in [0.3, 0.4) is 0 Å². The van der Waals surface area contributed by atoms with Crippen molar-refractivity contribution in [3.05, 3.63) is 34.1 Å². The zero-order valence-electron chi connectivity index (χ0n) is 9.97. The Balaban J connectivity index is 1.77. The molecule has 6 nitrogen and oxygen atoms in total. The first-order valence-corrected chi connectivity index (χ1v) is 7.32. The van der Waals surface area contributed by atoms with Crippen molar-refractivity contribution >= 4 is 40.9 Å². The van der Waals surface area contributed by atoms with Crippen molar-refractivity contribution < 1.29 is 9.53 Å². The van der Waals surface area contributed by atoms with Crippen LogP contribution >= 0.6 is 35.0 Å². The van der Waals surface area contributed by atoms with Gasteiger partial charge in [-0.05, 0) is 12.1 Å². The van der Waals surface area contributed by atoms with Gasteiger partial charge < -0.3 is 4.74 Å². The smallest absolute Gasteiger partial charge is 0.249 e. The molecule has 0 fully saturated rings. The molecule has 0 unspecified atom stereocenters. The van der Waals surface area contributed by atoms with E-state index in [2.05, 4.69) is 15.6 Å². The third-order valence-electron chi connectivity index (χ3n) is 2.52. The van der Waals surface area contributed by atoms with E-state index in [-0.39, 0.29) is 12.5 Å². The molecule has 0 bridgehead atoms. The molecular weight excluding hydrogens is 323 g/mol. The lowest BCUT2D eigenvalue weighted by Gasteiger charge is -2.15. The minimum absolute atomic E-state index is 0.107. The van der Waals surface area contributed by atoms with Crippen molar-refractivity contribution in [1.82, 2.24) is 14.9 Å². The molecule has 1 aliphatic rings. The average molecular weight is 331 g/mol. The van der Waals surface area contributed by atoms with Crippen molar-refractivity contribution in [2.75, 3.05) is 11.2 Å². The highest BCUT2D eigenvalue weighted by Gasteiger charge is 2.21. The van der Waals surface area contributed by atoms with E-state index in [1.165, 1.54) is 16.4 Å². The second-order valence-corrected chi connectivity index (χ2v) is 5.71. The van der Waals surface area contributed by atoms with Crippen LogP contribution < -0.4 is 10.2 Å². The molecule has 0 radical (unpaired) electrons. The van der Waals surface area contributed by atoms with Crippen molar-refractivity contribution in [2.24, 2.45) is 0 Å². The Morgan fingerprint density at radius 2 is 2.25 bits per heavy atom. The Morgan fingerprint density at radius 3 is 3.10 bits per heavy atom. The minimum Gasteiger partial charge on any atom is -0.484 e. The number of carbonyl (C=O) groups excluding carboxylic acids is 1. The van der Waals surface area contributed by atoms with Gasteiger partial charge >= 0.3 is 0 Å². The molecule has 0 saturated heterocycles. The fourth-order valence-corrected chi connectivity index (χ4v) is 2.65. The van der Waals surface area contributed by atoms with E-state index in [9.17, 15) is 4.79 Å². The fraction of sp³-hybridized carbons (Fsp3) is 0.182. The number of fused-ring (bicyclic) bond motifs is 1. The zero-order chi connectivity index (χ0) is 14.1. The van der Waals surface area contributed by atoms with Crippen LogP contribution in [0.1, 0.15) is 5.82 Å². The summed E-state index contributed by atoms with van der Waals surface area (Å²) in [6.45, 7) is 0.119. The Morgan fingerprint density at radius 1 is 1.40 bits per heavy atom. The molecule has 1 aromatic heterocycles. The van der Waals surface area contributed by atoms with Crippen LogP contribution in [0.4, 0.5) is 0 Å². The van der Waals surface area contributed by atoms with Crippen LogP contribution in [-0.2, 0) is 11.4 Å². The second kappa shape index (κ2) is 5.51. The summed E-state index contributed by atoms with van der Waals surface area (Å²) in [5.41, 5.74) is 2.66. The lowest BCUT2D eigenvalue weighted by molar-refractivity contribution is -0.115. The van der Waals surface area contributed by atoms with Crippen LogP contribution in [0, 0.1) is 0 Å². The third kappa shape index (κ3) is 2.70. The van der Waals surface area contributed by atoms with E-state index < -0.39 is 0 Å². The number of aromatic nitrogens is 3. The highest BCUT2D eigenvalue weighted by molar-refractivity contribution is 7.99. The molecule has 0 spiro atoms.